The summed E-state index contributed by atoms with van der Waals surface area (Å²) in [6, 6.07) is 25.3. The van der Waals surface area contributed by atoms with Crippen LogP contribution in [-0.2, 0) is 6.54 Å². The Morgan fingerprint density at radius 3 is 2.37 bits per heavy atom. The smallest absolute Gasteiger partial charge is 0.293 e. The van der Waals surface area contributed by atoms with Crippen LogP contribution in [0.2, 0.25) is 0 Å². The van der Waals surface area contributed by atoms with Crippen molar-refractivity contribution in [2.24, 2.45) is 0 Å². The van der Waals surface area contributed by atoms with Gasteiger partial charge in [-0.3, -0.25) is 4.79 Å². The summed E-state index contributed by atoms with van der Waals surface area (Å²) >= 11 is 0. The largest absolute Gasteiger partial charge is 0.449 e. The fourth-order valence-corrected chi connectivity index (χ4v) is 2.99. The van der Waals surface area contributed by atoms with E-state index in [1.54, 1.807) is 0 Å². The molecule has 0 radical (unpaired) electrons. The second-order valence-electron chi connectivity index (χ2n) is 6.46. The summed E-state index contributed by atoms with van der Waals surface area (Å²) < 4.78 is 5.87. The van der Waals surface area contributed by atoms with Gasteiger partial charge in [0.2, 0.25) is 5.76 Å². The zero-order valence-corrected chi connectivity index (χ0v) is 15.0. The van der Waals surface area contributed by atoms with E-state index >= 15 is 0 Å². The van der Waals surface area contributed by atoms with E-state index in [2.05, 4.69) is 41.8 Å². The van der Waals surface area contributed by atoms with Crippen LogP contribution in [0.5, 0.6) is 0 Å². The minimum Gasteiger partial charge on any atom is -0.449 e. The molecular formula is C23H20N2O2. The van der Waals surface area contributed by atoms with Crippen LogP contribution in [0.25, 0.3) is 11.0 Å². The SMILES string of the molecule is Cc1ccc(CNc2c(C(=O)Nc3ccccc3)oc3ccccc23)cc1. The van der Waals surface area contributed by atoms with E-state index in [9.17, 15) is 4.79 Å². The second-order valence-corrected chi connectivity index (χ2v) is 6.46. The highest BCUT2D eigenvalue weighted by molar-refractivity contribution is 6.11. The van der Waals surface area contributed by atoms with E-state index in [1.165, 1.54) is 5.56 Å². The molecule has 0 bridgehead atoms. The fraction of sp³-hybridized carbons (Fsp3) is 0.0870. The number of hydrogen-bond acceptors (Lipinski definition) is 3. The molecular weight excluding hydrogens is 336 g/mol. The molecule has 1 amide bonds. The van der Waals surface area contributed by atoms with Crippen molar-refractivity contribution >= 4 is 28.3 Å². The molecule has 0 aliphatic rings. The van der Waals surface area contributed by atoms with Gasteiger partial charge in [0.1, 0.15) is 5.58 Å². The molecule has 0 atom stereocenters. The van der Waals surface area contributed by atoms with Crippen LogP contribution in [0.4, 0.5) is 11.4 Å². The molecule has 0 spiro atoms. The van der Waals surface area contributed by atoms with Crippen molar-refractivity contribution in [2.75, 3.05) is 10.6 Å². The lowest BCUT2D eigenvalue weighted by atomic mass is 10.1. The average molecular weight is 356 g/mol. The third kappa shape index (κ3) is 3.70. The molecule has 0 unspecified atom stereocenters. The summed E-state index contributed by atoms with van der Waals surface area (Å²) in [5.41, 5.74) is 4.48. The van der Waals surface area contributed by atoms with Crippen molar-refractivity contribution in [3.05, 3.63) is 95.7 Å². The molecule has 4 aromatic rings. The van der Waals surface area contributed by atoms with Crippen LogP contribution < -0.4 is 10.6 Å². The van der Waals surface area contributed by atoms with E-state index in [4.69, 9.17) is 4.42 Å². The number of benzene rings is 3. The number of anilines is 2. The summed E-state index contributed by atoms with van der Waals surface area (Å²) in [6.07, 6.45) is 0. The first-order valence-corrected chi connectivity index (χ1v) is 8.88. The highest BCUT2D eigenvalue weighted by atomic mass is 16.3. The molecule has 0 saturated carbocycles. The summed E-state index contributed by atoms with van der Waals surface area (Å²) in [7, 11) is 0. The zero-order valence-electron chi connectivity index (χ0n) is 15.0. The Kier molecular flexibility index (Phi) is 4.62. The molecule has 4 rings (SSSR count). The van der Waals surface area contributed by atoms with Gasteiger partial charge in [0.05, 0.1) is 5.69 Å². The van der Waals surface area contributed by atoms with Gasteiger partial charge >= 0.3 is 0 Å². The van der Waals surface area contributed by atoms with E-state index in [0.29, 0.717) is 17.8 Å². The Hall–Kier alpha value is -3.53. The van der Waals surface area contributed by atoms with Crippen LogP contribution >= 0.6 is 0 Å². The van der Waals surface area contributed by atoms with Gasteiger partial charge in [-0.15, -0.1) is 0 Å². The van der Waals surface area contributed by atoms with Gasteiger partial charge in [-0.1, -0.05) is 60.2 Å². The van der Waals surface area contributed by atoms with Gasteiger partial charge in [-0.2, -0.15) is 0 Å². The Morgan fingerprint density at radius 1 is 0.889 bits per heavy atom. The molecule has 2 N–H and O–H groups in total. The third-order valence-electron chi connectivity index (χ3n) is 4.42. The van der Waals surface area contributed by atoms with Gasteiger partial charge in [0.15, 0.2) is 0 Å². The lowest BCUT2D eigenvalue weighted by Crippen LogP contribution is -2.13. The maximum atomic E-state index is 12.8. The third-order valence-corrected chi connectivity index (χ3v) is 4.42. The van der Waals surface area contributed by atoms with Gasteiger partial charge in [-0.25, -0.2) is 0 Å². The molecule has 3 aromatic carbocycles. The quantitative estimate of drug-likeness (QED) is 0.489. The molecule has 134 valence electrons. The Labute approximate surface area is 157 Å². The predicted octanol–water partition coefficient (Wildman–Crippen LogP) is 5.61. The molecule has 27 heavy (non-hydrogen) atoms. The van der Waals surface area contributed by atoms with Crippen LogP contribution in [-0.4, -0.2) is 5.91 Å². The average Bonchev–Trinajstić information content (AvgIpc) is 3.07. The predicted molar refractivity (Wildman–Crippen MR) is 109 cm³/mol. The number of carbonyl (C=O) groups is 1. The topological polar surface area (TPSA) is 54.3 Å². The first kappa shape index (κ1) is 16.9. The van der Waals surface area contributed by atoms with Crippen molar-refractivity contribution in [2.45, 2.75) is 13.5 Å². The maximum Gasteiger partial charge on any atom is 0.293 e. The Balaban J connectivity index is 1.64. The highest BCUT2D eigenvalue weighted by Gasteiger charge is 2.20. The van der Waals surface area contributed by atoms with E-state index in [1.807, 2.05) is 54.6 Å². The van der Waals surface area contributed by atoms with Crippen molar-refractivity contribution in [3.8, 4) is 0 Å². The number of aryl methyl sites for hydroxylation is 1. The van der Waals surface area contributed by atoms with Crippen molar-refractivity contribution < 1.29 is 9.21 Å². The first-order chi connectivity index (χ1) is 13.2. The lowest BCUT2D eigenvalue weighted by Gasteiger charge is -2.08. The second kappa shape index (κ2) is 7.38. The molecule has 4 nitrogen and oxygen atoms in total. The standard InChI is InChI=1S/C23H20N2O2/c1-16-11-13-17(14-12-16)15-24-21-19-9-5-6-10-20(19)27-22(21)23(26)25-18-7-3-2-4-8-18/h2-14,24H,15H2,1H3,(H,25,26). The molecule has 0 saturated heterocycles. The molecule has 0 aliphatic heterocycles. The molecule has 1 aromatic heterocycles. The number of fused-ring (bicyclic) bond motifs is 1. The Bertz CT molecular complexity index is 1070. The minimum absolute atomic E-state index is 0.274. The van der Waals surface area contributed by atoms with Gasteiger partial charge in [-0.05, 0) is 36.8 Å². The summed E-state index contributed by atoms with van der Waals surface area (Å²) in [5.74, 6) is 0.0102. The highest BCUT2D eigenvalue weighted by Crippen LogP contribution is 2.32. The van der Waals surface area contributed by atoms with Gasteiger partial charge < -0.3 is 15.1 Å². The number of nitrogens with one attached hydrogen (secondary N) is 2. The van der Waals surface area contributed by atoms with E-state index in [-0.39, 0.29) is 11.7 Å². The molecule has 0 fully saturated rings. The van der Waals surface area contributed by atoms with Crippen molar-refractivity contribution in [3.63, 3.8) is 0 Å². The molecule has 4 heteroatoms. The number of hydrogen-bond donors (Lipinski definition) is 2. The summed E-state index contributed by atoms with van der Waals surface area (Å²) in [4.78, 5) is 12.8. The van der Waals surface area contributed by atoms with E-state index < -0.39 is 0 Å². The number of furan rings is 1. The Morgan fingerprint density at radius 2 is 1.59 bits per heavy atom. The van der Waals surface area contributed by atoms with Crippen LogP contribution in [0.1, 0.15) is 21.7 Å². The van der Waals surface area contributed by atoms with Crippen molar-refractivity contribution in [1.82, 2.24) is 0 Å². The van der Waals surface area contributed by atoms with Crippen LogP contribution in [0.15, 0.2) is 83.3 Å². The normalized spacial score (nSPS) is 10.7. The summed E-state index contributed by atoms with van der Waals surface area (Å²) in [5, 5.41) is 7.17. The zero-order chi connectivity index (χ0) is 18.6. The van der Waals surface area contributed by atoms with Crippen molar-refractivity contribution in [1.29, 1.82) is 0 Å². The minimum atomic E-state index is -0.274. The number of rotatable bonds is 5. The number of para-hydroxylation sites is 2. The lowest BCUT2D eigenvalue weighted by molar-refractivity contribution is 0.0999. The fourth-order valence-electron chi connectivity index (χ4n) is 2.99. The monoisotopic (exact) mass is 356 g/mol. The van der Waals surface area contributed by atoms with Crippen LogP contribution in [0.3, 0.4) is 0 Å². The maximum absolute atomic E-state index is 12.8. The molecule has 0 aliphatic carbocycles. The number of amides is 1. The van der Waals surface area contributed by atoms with Crippen LogP contribution in [0, 0.1) is 6.92 Å². The molecule has 1 heterocycles. The summed E-state index contributed by atoms with van der Waals surface area (Å²) in [6.45, 7) is 2.67. The van der Waals surface area contributed by atoms with E-state index in [0.717, 1.165) is 16.6 Å². The number of carbonyl (C=O) groups excluding carboxylic acids is 1. The first-order valence-electron chi connectivity index (χ1n) is 8.88. The van der Waals surface area contributed by atoms with Gasteiger partial charge in [0, 0.05) is 17.6 Å². The van der Waals surface area contributed by atoms with Gasteiger partial charge in [0.25, 0.3) is 5.91 Å².